The van der Waals surface area contributed by atoms with Crippen LogP contribution in [0.3, 0.4) is 0 Å². The van der Waals surface area contributed by atoms with Gasteiger partial charge in [0.15, 0.2) is 0 Å². The smallest absolute Gasteiger partial charge is 0.410 e. The van der Waals surface area contributed by atoms with Gasteiger partial charge in [-0.3, -0.25) is 0 Å². The molecule has 0 aromatic carbocycles. The second kappa shape index (κ2) is 6.38. The molecule has 1 aliphatic rings. The molecule has 0 aromatic heterocycles. The Labute approximate surface area is 110 Å². The molecule has 0 spiro atoms. The molecule has 0 aromatic rings. The van der Waals surface area contributed by atoms with E-state index in [0.29, 0.717) is 6.61 Å². The molecule has 5 nitrogen and oxygen atoms in total. The largest absolute Gasteiger partial charge is 0.444 e. The molecule has 0 aliphatic carbocycles. The highest BCUT2D eigenvalue weighted by molar-refractivity contribution is 5.68. The van der Waals surface area contributed by atoms with Gasteiger partial charge in [-0.2, -0.15) is 0 Å². The van der Waals surface area contributed by atoms with Crippen molar-refractivity contribution in [3.8, 4) is 0 Å². The molecule has 18 heavy (non-hydrogen) atoms. The Morgan fingerprint density at radius 1 is 1.44 bits per heavy atom. The number of likely N-dealkylation sites (tertiary alicyclic amines) is 1. The molecule has 2 N–H and O–H groups in total. The zero-order chi connectivity index (χ0) is 13.8. The first-order chi connectivity index (χ1) is 8.35. The molecular weight excluding hydrogens is 232 g/mol. The van der Waals surface area contributed by atoms with Gasteiger partial charge in [-0.1, -0.05) is 6.92 Å². The van der Waals surface area contributed by atoms with E-state index in [0.717, 1.165) is 25.8 Å². The quantitative estimate of drug-likeness (QED) is 0.789. The molecule has 0 saturated carbocycles. The Hall–Kier alpha value is -0.810. The molecule has 1 amide bonds. The number of carbonyl (C=O) groups is 1. The predicted octanol–water partition coefficient (Wildman–Crippen LogP) is 2.30. The second-order valence-electron chi connectivity index (χ2n) is 6.05. The number of rotatable bonds is 3. The minimum Gasteiger partial charge on any atom is -0.444 e. The van der Waals surface area contributed by atoms with E-state index in [1.54, 1.807) is 0 Å². The molecule has 1 fully saturated rings. The molecule has 1 rings (SSSR count). The number of piperidine rings is 1. The lowest BCUT2D eigenvalue weighted by atomic mass is 9.92. The van der Waals surface area contributed by atoms with Gasteiger partial charge < -0.3 is 14.5 Å². The summed E-state index contributed by atoms with van der Waals surface area (Å²) >= 11 is 0. The lowest BCUT2D eigenvalue weighted by molar-refractivity contribution is -0.00775. The summed E-state index contributed by atoms with van der Waals surface area (Å²) in [5.74, 6) is 5.35. The van der Waals surface area contributed by atoms with E-state index in [1.165, 1.54) is 0 Å². The fourth-order valence-electron chi connectivity index (χ4n) is 2.36. The van der Waals surface area contributed by atoms with Crippen molar-refractivity contribution in [3.63, 3.8) is 0 Å². The number of nitrogens with two attached hydrogens (primary N) is 1. The van der Waals surface area contributed by atoms with Crippen molar-refractivity contribution >= 4 is 6.09 Å². The third kappa shape index (κ3) is 4.46. The molecular formula is C13H26N2O3. The van der Waals surface area contributed by atoms with Gasteiger partial charge >= 0.3 is 6.09 Å². The van der Waals surface area contributed by atoms with Crippen LogP contribution in [0.4, 0.5) is 4.79 Å². The lowest BCUT2D eigenvalue weighted by Gasteiger charge is -2.39. The van der Waals surface area contributed by atoms with Gasteiger partial charge in [-0.05, 0) is 40.0 Å². The van der Waals surface area contributed by atoms with Gasteiger partial charge in [0.25, 0.3) is 0 Å². The van der Waals surface area contributed by atoms with Crippen molar-refractivity contribution in [1.29, 1.82) is 0 Å². The molecule has 0 bridgehead atoms. The van der Waals surface area contributed by atoms with Crippen molar-refractivity contribution in [2.24, 2.45) is 11.8 Å². The van der Waals surface area contributed by atoms with Crippen LogP contribution < -0.4 is 5.90 Å². The molecule has 5 heteroatoms. The van der Waals surface area contributed by atoms with Crippen LogP contribution in [0.5, 0.6) is 0 Å². The minimum atomic E-state index is -0.452. The van der Waals surface area contributed by atoms with E-state index in [4.69, 9.17) is 15.5 Å². The molecule has 106 valence electrons. The highest BCUT2D eigenvalue weighted by Gasteiger charge is 2.33. The Bertz CT molecular complexity index is 276. The van der Waals surface area contributed by atoms with Crippen LogP contribution >= 0.6 is 0 Å². The maximum absolute atomic E-state index is 12.2. The summed E-state index contributed by atoms with van der Waals surface area (Å²) in [6.07, 6.45) is 2.94. The lowest BCUT2D eigenvalue weighted by Crippen LogP contribution is -2.49. The van der Waals surface area contributed by atoms with Gasteiger partial charge in [-0.15, -0.1) is 0 Å². The molecule has 0 radical (unpaired) electrons. The number of hydrogen-bond acceptors (Lipinski definition) is 4. The van der Waals surface area contributed by atoms with Crippen molar-refractivity contribution < 1.29 is 14.4 Å². The van der Waals surface area contributed by atoms with Crippen LogP contribution in [0.25, 0.3) is 0 Å². The van der Waals surface area contributed by atoms with E-state index in [-0.39, 0.29) is 18.1 Å². The average molecular weight is 258 g/mol. The molecule has 1 heterocycles. The fourth-order valence-corrected chi connectivity index (χ4v) is 2.36. The summed E-state index contributed by atoms with van der Waals surface area (Å²) in [5, 5.41) is 0. The summed E-state index contributed by atoms with van der Waals surface area (Å²) in [4.78, 5) is 18.7. The Balaban J connectivity index is 2.67. The zero-order valence-corrected chi connectivity index (χ0v) is 11.9. The normalized spacial score (nSPS) is 22.7. The summed E-state index contributed by atoms with van der Waals surface area (Å²) < 4.78 is 5.45. The Morgan fingerprint density at radius 2 is 2.11 bits per heavy atom. The second-order valence-corrected chi connectivity index (χ2v) is 6.05. The van der Waals surface area contributed by atoms with E-state index >= 15 is 0 Å². The van der Waals surface area contributed by atoms with E-state index in [1.807, 2.05) is 25.7 Å². The number of nitrogens with zero attached hydrogens (tertiary/aromatic N) is 1. The zero-order valence-electron chi connectivity index (χ0n) is 11.9. The number of carbonyl (C=O) groups excluding carboxylic acids is 1. The highest BCUT2D eigenvalue weighted by Crippen LogP contribution is 2.25. The van der Waals surface area contributed by atoms with E-state index < -0.39 is 5.60 Å². The van der Waals surface area contributed by atoms with Crippen molar-refractivity contribution in [2.75, 3.05) is 13.2 Å². The monoisotopic (exact) mass is 258 g/mol. The topological polar surface area (TPSA) is 64.8 Å². The molecule has 2 unspecified atom stereocenters. The minimum absolute atomic E-state index is 0.164. The molecule has 1 aliphatic heterocycles. The number of ether oxygens (including phenoxy) is 1. The van der Waals surface area contributed by atoms with Crippen LogP contribution in [0.15, 0.2) is 0 Å². The third-order valence-corrected chi connectivity index (χ3v) is 3.19. The van der Waals surface area contributed by atoms with E-state index in [2.05, 4.69) is 6.92 Å². The summed E-state index contributed by atoms with van der Waals surface area (Å²) in [6.45, 7) is 8.93. The Morgan fingerprint density at radius 3 is 2.67 bits per heavy atom. The SMILES string of the molecule is CC(CON)C1CCCCN1C(=O)OC(C)(C)C. The van der Waals surface area contributed by atoms with Crippen LogP contribution in [0.2, 0.25) is 0 Å². The first kappa shape index (κ1) is 15.2. The maximum atomic E-state index is 12.2. The van der Waals surface area contributed by atoms with Crippen molar-refractivity contribution in [3.05, 3.63) is 0 Å². The first-order valence-electron chi connectivity index (χ1n) is 6.66. The number of amides is 1. The van der Waals surface area contributed by atoms with E-state index in [9.17, 15) is 4.79 Å². The van der Waals surface area contributed by atoms with Gasteiger partial charge in [0.1, 0.15) is 5.60 Å². The standard InChI is InChI=1S/C13H26N2O3/c1-10(9-17-14)11-7-5-6-8-15(11)12(16)18-13(2,3)4/h10-11H,5-9,14H2,1-4H3. The summed E-state index contributed by atoms with van der Waals surface area (Å²) in [7, 11) is 0. The maximum Gasteiger partial charge on any atom is 0.410 e. The van der Waals surface area contributed by atoms with Gasteiger partial charge in [0, 0.05) is 18.5 Å². The molecule has 1 saturated heterocycles. The van der Waals surface area contributed by atoms with Crippen LogP contribution in [0.1, 0.15) is 47.0 Å². The number of hydrogen-bond donors (Lipinski definition) is 1. The first-order valence-corrected chi connectivity index (χ1v) is 6.66. The van der Waals surface area contributed by atoms with Crippen LogP contribution in [0, 0.1) is 5.92 Å². The summed E-state index contributed by atoms with van der Waals surface area (Å²) in [5.41, 5.74) is -0.452. The predicted molar refractivity (Wildman–Crippen MR) is 69.9 cm³/mol. The summed E-state index contributed by atoms with van der Waals surface area (Å²) in [6, 6.07) is 0.164. The van der Waals surface area contributed by atoms with Crippen molar-refractivity contribution in [1.82, 2.24) is 4.90 Å². The van der Waals surface area contributed by atoms with Gasteiger partial charge in [0.05, 0.1) is 6.61 Å². The fraction of sp³-hybridized carbons (Fsp3) is 0.923. The van der Waals surface area contributed by atoms with Gasteiger partial charge in [-0.25, -0.2) is 10.7 Å². The van der Waals surface area contributed by atoms with Crippen LogP contribution in [-0.4, -0.2) is 35.8 Å². The van der Waals surface area contributed by atoms with Crippen molar-refractivity contribution in [2.45, 2.75) is 58.6 Å². The average Bonchev–Trinajstić information content (AvgIpc) is 2.27. The van der Waals surface area contributed by atoms with Gasteiger partial charge in [0.2, 0.25) is 0 Å². The van der Waals surface area contributed by atoms with Crippen LogP contribution in [-0.2, 0) is 9.57 Å². The Kier molecular flexibility index (Phi) is 5.41. The highest BCUT2D eigenvalue weighted by atomic mass is 16.6. The molecule has 2 atom stereocenters. The third-order valence-electron chi connectivity index (χ3n) is 3.19.